The first-order chi connectivity index (χ1) is 9.69. The maximum atomic E-state index is 8.69. The van der Waals surface area contributed by atoms with Crippen molar-refractivity contribution in [3.05, 3.63) is 58.6 Å². The lowest BCUT2D eigenvalue weighted by molar-refractivity contribution is 0.217. The highest BCUT2D eigenvalue weighted by atomic mass is 35.5. The Kier molecular flexibility index (Phi) is 4.86. The summed E-state index contributed by atoms with van der Waals surface area (Å²) in [5.41, 5.74) is 1.71. The van der Waals surface area contributed by atoms with Gasteiger partial charge in [0.25, 0.3) is 0 Å². The molecule has 0 N–H and O–H groups in total. The van der Waals surface area contributed by atoms with E-state index in [1.54, 1.807) is 24.3 Å². The summed E-state index contributed by atoms with van der Waals surface area (Å²) in [6, 6.07) is 14.7. The zero-order chi connectivity index (χ0) is 14.4. The molecule has 0 saturated carbocycles. The summed E-state index contributed by atoms with van der Waals surface area (Å²) in [6.45, 7) is 2.80. The Balaban J connectivity index is 1.81. The summed E-state index contributed by atoms with van der Waals surface area (Å²) in [5, 5.41) is 9.29. The minimum Gasteiger partial charge on any atom is -0.490 e. The monoisotopic (exact) mass is 287 g/mol. The van der Waals surface area contributed by atoms with E-state index in [-0.39, 0.29) is 0 Å². The summed E-state index contributed by atoms with van der Waals surface area (Å²) < 4.78 is 11.1. The first kappa shape index (κ1) is 14.2. The van der Waals surface area contributed by atoms with E-state index >= 15 is 0 Å². The number of nitriles is 1. The number of hydrogen-bond donors (Lipinski definition) is 0. The molecule has 2 aromatic rings. The minimum absolute atomic E-state index is 0.406. The first-order valence-electron chi connectivity index (χ1n) is 6.21. The van der Waals surface area contributed by atoms with E-state index in [1.165, 1.54) is 0 Å². The Hall–Kier alpha value is -2.18. The van der Waals surface area contributed by atoms with Gasteiger partial charge in [-0.3, -0.25) is 0 Å². The van der Waals surface area contributed by atoms with Gasteiger partial charge in [-0.1, -0.05) is 17.7 Å². The molecule has 0 bridgehead atoms. The maximum absolute atomic E-state index is 8.69. The molecule has 0 aliphatic carbocycles. The molecule has 0 spiro atoms. The maximum Gasteiger partial charge on any atom is 0.138 e. The van der Waals surface area contributed by atoms with E-state index < -0.39 is 0 Å². The molecule has 0 aliphatic heterocycles. The first-order valence-corrected chi connectivity index (χ1v) is 6.59. The molecule has 3 nitrogen and oxygen atoms in total. The van der Waals surface area contributed by atoms with Gasteiger partial charge < -0.3 is 9.47 Å². The molecule has 0 saturated heterocycles. The Morgan fingerprint density at radius 2 is 1.75 bits per heavy atom. The van der Waals surface area contributed by atoms with Gasteiger partial charge >= 0.3 is 0 Å². The van der Waals surface area contributed by atoms with E-state index in [0.717, 1.165) is 5.56 Å². The third kappa shape index (κ3) is 3.91. The highest BCUT2D eigenvalue weighted by Crippen LogP contribution is 2.25. The molecular weight excluding hydrogens is 274 g/mol. The number of aryl methyl sites for hydroxylation is 1. The minimum atomic E-state index is 0.406. The Labute approximate surface area is 123 Å². The summed E-state index contributed by atoms with van der Waals surface area (Å²) >= 11 is 6.03. The summed E-state index contributed by atoms with van der Waals surface area (Å²) in [6.07, 6.45) is 0. The highest BCUT2D eigenvalue weighted by Gasteiger charge is 2.02. The normalized spacial score (nSPS) is 9.85. The van der Waals surface area contributed by atoms with Crippen molar-refractivity contribution in [3.63, 3.8) is 0 Å². The van der Waals surface area contributed by atoms with Crippen LogP contribution in [0.25, 0.3) is 0 Å². The van der Waals surface area contributed by atoms with Gasteiger partial charge in [0.1, 0.15) is 24.7 Å². The van der Waals surface area contributed by atoms with Gasteiger partial charge in [-0.25, -0.2) is 0 Å². The zero-order valence-electron chi connectivity index (χ0n) is 11.1. The molecule has 0 aliphatic rings. The smallest absolute Gasteiger partial charge is 0.138 e. The quantitative estimate of drug-likeness (QED) is 0.781. The average Bonchev–Trinajstić information content (AvgIpc) is 2.47. The van der Waals surface area contributed by atoms with Crippen molar-refractivity contribution in [2.45, 2.75) is 6.92 Å². The van der Waals surface area contributed by atoms with Gasteiger partial charge in [0, 0.05) is 0 Å². The van der Waals surface area contributed by atoms with Gasteiger partial charge in [-0.2, -0.15) is 5.26 Å². The predicted octanol–water partition coefficient (Wildman–Crippen LogP) is 3.98. The third-order valence-electron chi connectivity index (χ3n) is 2.68. The van der Waals surface area contributed by atoms with E-state index in [1.807, 2.05) is 25.1 Å². The number of benzene rings is 2. The molecule has 0 unspecified atom stereocenters. The Morgan fingerprint density at radius 3 is 2.45 bits per heavy atom. The van der Waals surface area contributed by atoms with Crippen LogP contribution in [0.2, 0.25) is 5.02 Å². The van der Waals surface area contributed by atoms with E-state index in [0.29, 0.717) is 35.3 Å². The molecule has 0 atom stereocenters. The van der Waals surface area contributed by atoms with Crippen LogP contribution in [-0.4, -0.2) is 13.2 Å². The lowest BCUT2D eigenvalue weighted by Gasteiger charge is -2.10. The van der Waals surface area contributed by atoms with Gasteiger partial charge in [0.15, 0.2) is 0 Å². The van der Waals surface area contributed by atoms with Gasteiger partial charge in [-0.15, -0.1) is 0 Å². The standard InChI is InChI=1S/C16H14ClNO2/c1-12-2-7-15(17)16(10-12)20-9-8-19-14-5-3-13(11-18)4-6-14/h2-7,10H,8-9H2,1H3. The van der Waals surface area contributed by atoms with Gasteiger partial charge in [0.05, 0.1) is 16.7 Å². The Morgan fingerprint density at radius 1 is 1.05 bits per heavy atom. The molecule has 20 heavy (non-hydrogen) atoms. The van der Waals surface area contributed by atoms with Crippen molar-refractivity contribution in [2.75, 3.05) is 13.2 Å². The number of rotatable bonds is 5. The zero-order valence-corrected chi connectivity index (χ0v) is 11.9. The number of hydrogen-bond acceptors (Lipinski definition) is 3. The molecule has 0 aromatic heterocycles. The van der Waals surface area contributed by atoms with E-state index in [2.05, 4.69) is 6.07 Å². The van der Waals surface area contributed by atoms with Crippen molar-refractivity contribution < 1.29 is 9.47 Å². The number of halogens is 1. The van der Waals surface area contributed by atoms with Crippen LogP contribution in [0, 0.1) is 18.3 Å². The van der Waals surface area contributed by atoms with Crippen LogP contribution in [0.5, 0.6) is 11.5 Å². The fourth-order valence-corrected chi connectivity index (χ4v) is 1.83. The molecule has 4 heteroatoms. The summed E-state index contributed by atoms with van der Waals surface area (Å²) in [7, 11) is 0. The lowest BCUT2D eigenvalue weighted by Crippen LogP contribution is -2.09. The van der Waals surface area contributed by atoms with Crippen molar-refractivity contribution in [1.82, 2.24) is 0 Å². The second kappa shape index (κ2) is 6.83. The lowest BCUT2D eigenvalue weighted by atomic mass is 10.2. The van der Waals surface area contributed by atoms with E-state index in [9.17, 15) is 0 Å². The van der Waals surface area contributed by atoms with Crippen molar-refractivity contribution in [3.8, 4) is 17.6 Å². The van der Waals surface area contributed by atoms with Crippen molar-refractivity contribution in [2.24, 2.45) is 0 Å². The Bertz CT molecular complexity index is 617. The molecular formula is C16H14ClNO2. The molecule has 102 valence electrons. The highest BCUT2D eigenvalue weighted by molar-refractivity contribution is 6.32. The molecule has 2 aromatic carbocycles. The van der Waals surface area contributed by atoms with Gasteiger partial charge in [0.2, 0.25) is 0 Å². The van der Waals surface area contributed by atoms with Crippen LogP contribution < -0.4 is 9.47 Å². The molecule has 0 amide bonds. The SMILES string of the molecule is Cc1ccc(Cl)c(OCCOc2ccc(C#N)cc2)c1. The molecule has 0 radical (unpaired) electrons. The van der Waals surface area contributed by atoms with Crippen LogP contribution in [0.3, 0.4) is 0 Å². The van der Waals surface area contributed by atoms with Crippen LogP contribution in [0.4, 0.5) is 0 Å². The van der Waals surface area contributed by atoms with Crippen LogP contribution in [0.15, 0.2) is 42.5 Å². The summed E-state index contributed by atoms with van der Waals surface area (Å²) in [4.78, 5) is 0. The second-order valence-corrected chi connectivity index (χ2v) is 4.67. The third-order valence-corrected chi connectivity index (χ3v) is 2.99. The van der Waals surface area contributed by atoms with Crippen molar-refractivity contribution >= 4 is 11.6 Å². The average molecular weight is 288 g/mol. The topological polar surface area (TPSA) is 42.2 Å². The predicted molar refractivity (Wildman–Crippen MR) is 78.3 cm³/mol. The van der Waals surface area contributed by atoms with Crippen LogP contribution >= 0.6 is 11.6 Å². The largest absolute Gasteiger partial charge is 0.490 e. The summed E-state index contributed by atoms with van der Waals surface area (Å²) in [5.74, 6) is 1.37. The fourth-order valence-electron chi connectivity index (χ4n) is 1.66. The van der Waals surface area contributed by atoms with Crippen LogP contribution in [-0.2, 0) is 0 Å². The number of ether oxygens (including phenoxy) is 2. The molecule has 2 rings (SSSR count). The van der Waals surface area contributed by atoms with Crippen molar-refractivity contribution in [1.29, 1.82) is 5.26 Å². The van der Waals surface area contributed by atoms with E-state index in [4.69, 9.17) is 26.3 Å². The van der Waals surface area contributed by atoms with Crippen LogP contribution in [0.1, 0.15) is 11.1 Å². The number of nitrogens with zero attached hydrogens (tertiary/aromatic N) is 1. The molecule has 0 fully saturated rings. The van der Waals surface area contributed by atoms with Gasteiger partial charge in [-0.05, 0) is 48.9 Å². The fraction of sp³-hybridized carbons (Fsp3) is 0.188. The second-order valence-electron chi connectivity index (χ2n) is 4.27. The molecule has 0 heterocycles.